The van der Waals surface area contributed by atoms with Crippen molar-refractivity contribution in [1.82, 2.24) is 9.79 Å². The topological polar surface area (TPSA) is 72.9 Å². The Labute approximate surface area is 156 Å². The first-order chi connectivity index (χ1) is 12.2. The van der Waals surface area contributed by atoms with E-state index in [1.54, 1.807) is 12.1 Å². The molecule has 1 saturated heterocycles. The summed E-state index contributed by atoms with van der Waals surface area (Å²) in [7, 11) is -3.48. The first-order valence-electron chi connectivity index (χ1n) is 9.07. The van der Waals surface area contributed by atoms with Gasteiger partial charge in [0.15, 0.2) is 0 Å². The SMILES string of the molecule is CCCC(C)(C)C(CS(=O)(=O)N1CCN(c2ccc(F)cc2)CC1)NO. The van der Waals surface area contributed by atoms with Gasteiger partial charge in [0.05, 0.1) is 11.8 Å². The van der Waals surface area contributed by atoms with Crippen LogP contribution in [-0.2, 0) is 10.0 Å². The van der Waals surface area contributed by atoms with Gasteiger partial charge in [0, 0.05) is 31.9 Å². The normalized spacial score (nSPS) is 18.1. The molecule has 2 rings (SSSR count). The molecule has 0 aliphatic carbocycles. The van der Waals surface area contributed by atoms with Crippen molar-refractivity contribution in [2.24, 2.45) is 5.41 Å². The Morgan fingerprint density at radius 1 is 1.19 bits per heavy atom. The summed E-state index contributed by atoms with van der Waals surface area (Å²) >= 11 is 0. The number of nitrogens with zero attached hydrogens (tertiary/aromatic N) is 2. The van der Waals surface area contributed by atoms with Crippen LogP contribution in [0.1, 0.15) is 33.6 Å². The first kappa shape index (κ1) is 21.1. The average Bonchev–Trinajstić information content (AvgIpc) is 2.60. The minimum absolute atomic E-state index is 0.132. The highest BCUT2D eigenvalue weighted by molar-refractivity contribution is 7.89. The molecule has 1 unspecified atom stereocenters. The third-order valence-electron chi connectivity index (χ3n) is 5.19. The lowest BCUT2D eigenvalue weighted by Crippen LogP contribution is -2.53. The van der Waals surface area contributed by atoms with Gasteiger partial charge in [-0.3, -0.25) is 0 Å². The molecule has 1 aliphatic heterocycles. The van der Waals surface area contributed by atoms with E-state index in [1.165, 1.54) is 16.4 Å². The number of hydrogen-bond acceptors (Lipinski definition) is 5. The van der Waals surface area contributed by atoms with E-state index in [1.807, 2.05) is 25.7 Å². The summed E-state index contributed by atoms with van der Waals surface area (Å²) in [5, 5.41) is 9.49. The summed E-state index contributed by atoms with van der Waals surface area (Å²) in [6.07, 6.45) is 1.74. The monoisotopic (exact) mass is 387 g/mol. The zero-order chi connectivity index (χ0) is 19.4. The van der Waals surface area contributed by atoms with Crippen LogP contribution in [0.25, 0.3) is 0 Å². The first-order valence-corrected chi connectivity index (χ1v) is 10.7. The van der Waals surface area contributed by atoms with Gasteiger partial charge in [0.25, 0.3) is 0 Å². The Hall–Kier alpha value is -1.22. The molecule has 1 fully saturated rings. The second-order valence-electron chi connectivity index (χ2n) is 7.56. The molecule has 1 heterocycles. The molecule has 0 saturated carbocycles. The Balaban J connectivity index is 1.99. The van der Waals surface area contributed by atoms with E-state index in [0.717, 1.165) is 18.5 Å². The van der Waals surface area contributed by atoms with Crippen LogP contribution in [0.15, 0.2) is 24.3 Å². The summed E-state index contributed by atoms with van der Waals surface area (Å²) < 4.78 is 40.1. The Kier molecular flexibility index (Phi) is 7.01. The van der Waals surface area contributed by atoms with Crippen LogP contribution in [-0.4, -0.2) is 55.9 Å². The number of anilines is 1. The van der Waals surface area contributed by atoms with Crippen molar-refractivity contribution in [3.63, 3.8) is 0 Å². The summed E-state index contributed by atoms with van der Waals surface area (Å²) in [6, 6.07) is 5.71. The number of nitrogens with one attached hydrogen (secondary N) is 1. The minimum atomic E-state index is -3.48. The number of sulfonamides is 1. The van der Waals surface area contributed by atoms with Gasteiger partial charge in [-0.2, -0.15) is 4.31 Å². The number of piperazine rings is 1. The molecule has 0 amide bonds. The maximum Gasteiger partial charge on any atom is 0.215 e. The van der Waals surface area contributed by atoms with Gasteiger partial charge < -0.3 is 10.1 Å². The molecule has 0 bridgehead atoms. The lowest BCUT2D eigenvalue weighted by Gasteiger charge is -2.38. The summed E-state index contributed by atoms with van der Waals surface area (Å²) in [5.41, 5.74) is 2.77. The van der Waals surface area contributed by atoms with E-state index in [4.69, 9.17) is 0 Å². The highest BCUT2D eigenvalue weighted by Gasteiger charge is 2.36. The summed E-state index contributed by atoms with van der Waals surface area (Å²) in [5.74, 6) is -0.417. The predicted octanol–water partition coefficient (Wildman–Crippen LogP) is 2.45. The average molecular weight is 388 g/mol. The molecule has 8 heteroatoms. The smallest absolute Gasteiger partial charge is 0.215 e. The Morgan fingerprint density at radius 3 is 2.27 bits per heavy atom. The molecule has 6 nitrogen and oxygen atoms in total. The van der Waals surface area contributed by atoms with Gasteiger partial charge >= 0.3 is 0 Å². The van der Waals surface area contributed by atoms with Gasteiger partial charge in [0.2, 0.25) is 10.0 Å². The van der Waals surface area contributed by atoms with Gasteiger partial charge in [0.1, 0.15) is 5.82 Å². The maximum atomic E-state index is 13.0. The molecule has 0 spiro atoms. The van der Waals surface area contributed by atoms with Crippen LogP contribution in [0.4, 0.5) is 10.1 Å². The molecule has 148 valence electrons. The zero-order valence-electron chi connectivity index (χ0n) is 15.8. The second kappa shape index (κ2) is 8.65. The number of hydrogen-bond donors (Lipinski definition) is 2. The zero-order valence-corrected chi connectivity index (χ0v) is 16.6. The standard InChI is InChI=1S/C18H30FN3O3S/c1-4-9-18(2,3)17(20-23)14-26(24,25)22-12-10-21(11-13-22)16-7-5-15(19)6-8-16/h5-8,17,20,23H,4,9-14H2,1-3H3. The largest absolute Gasteiger partial charge is 0.369 e. The van der Waals surface area contributed by atoms with Gasteiger partial charge in [-0.1, -0.05) is 27.2 Å². The van der Waals surface area contributed by atoms with Crippen LogP contribution in [0.2, 0.25) is 0 Å². The fraction of sp³-hybridized carbons (Fsp3) is 0.667. The highest BCUT2D eigenvalue weighted by atomic mass is 32.2. The molecule has 26 heavy (non-hydrogen) atoms. The quantitative estimate of drug-likeness (QED) is 0.671. The third-order valence-corrected chi connectivity index (χ3v) is 7.10. The van der Waals surface area contributed by atoms with Crippen LogP contribution in [0, 0.1) is 11.2 Å². The van der Waals surface area contributed by atoms with Crippen molar-refractivity contribution >= 4 is 15.7 Å². The molecule has 0 aromatic heterocycles. The van der Waals surface area contributed by atoms with Crippen molar-refractivity contribution in [3.05, 3.63) is 30.1 Å². The number of hydroxylamine groups is 1. The molecular formula is C18H30FN3O3S. The van der Waals surface area contributed by atoms with Gasteiger partial charge in [-0.15, -0.1) is 0 Å². The number of rotatable bonds is 8. The molecular weight excluding hydrogens is 357 g/mol. The molecule has 0 radical (unpaired) electrons. The van der Waals surface area contributed by atoms with Crippen LogP contribution in [0.5, 0.6) is 0 Å². The summed E-state index contributed by atoms with van der Waals surface area (Å²) in [6.45, 7) is 7.84. The summed E-state index contributed by atoms with van der Waals surface area (Å²) in [4.78, 5) is 2.05. The van der Waals surface area contributed by atoms with Crippen LogP contribution >= 0.6 is 0 Å². The van der Waals surface area contributed by atoms with E-state index in [-0.39, 0.29) is 17.0 Å². The van der Waals surface area contributed by atoms with Crippen LogP contribution < -0.4 is 10.4 Å². The molecule has 1 atom stereocenters. The molecule has 1 aliphatic rings. The van der Waals surface area contributed by atoms with E-state index < -0.39 is 16.1 Å². The molecule has 1 aromatic carbocycles. The van der Waals surface area contributed by atoms with E-state index >= 15 is 0 Å². The number of halogens is 1. The van der Waals surface area contributed by atoms with Crippen molar-refractivity contribution in [2.75, 3.05) is 36.8 Å². The van der Waals surface area contributed by atoms with Crippen molar-refractivity contribution in [2.45, 2.75) is 39.7 Å². The van der Waals surface area contributed by atoms with Crippen LogP contribution in [0.3, 0.4) is 0 Å². The molecule has 1 aromatic rings. The Morgan fingerprint density at radius 2 is 1.77 bits per heavy atom. The fourth-order valence-corrected chi connectivity index (χ4v) is 5.33. The predicted molar refractivity (Wildman–Crippen MR) is 101 cm³/mol. The van der Waals surface area contributed by atoms with E-state index in [2.05, 4.69) is 5.48 Å². The van der Waals surface area contributed by atoms with Crippen molar-refractivity contribution in [1.29, 1.82) is 0 Å². The molecule has 2 N–H and O–H groups in total. The fourth-order valence-electron chi connectivity index (χ4n) is 3.45. The van der Waals surface area contributed by atoms with Gasteiger partial charge in [-0.05, 0) is 36.1 Å². The van der Waals surface area contributed by atoms with E-state index in [0.29, 0.717) is 26.2 Å². The van der Waals surface area contributed by atoms with Gasteiger partial charge in [-0.25, -0.2) is 18.3 Å². The highest BCUT2D eigenvalue weighted by Crippen LogP contribution is 2.28. The lowest BCUT2D eigenvalue weighted by molar-refractivity contribution is 0.0699. The van der Waals surface area contributed by atoms with Crippen molar-refractivity contribution < 1.29 is 18.0 Å². The second-order valence-corrected chi connectivity index (χ2v) is 9.57. The minimum Gasteiger partial charge on any atom is -0.369 e. The van der Waals surface area contributed by atoms with Crippen molar-refractivity contribution in [3.8, 4) is 0 Å². The Bertz CT molecular complexity index is 671. The van der Waals surface area contributed by atoms with E-state index in [9.17, 15) is 18.0 Å². The number of benzene rings is 1. The maximum absolute atomic E-state index is 13.0. The lowest BCUT2D eigenvalue weighted by atomic mass is 9.81. The third kappa shape index (κ3) is 5.16.